The number of para-hydroxylation sites is 1. The topological polar surface area (TPSA) is 42.0 Å². The van der Waals surface area contributed by atoms with Gasteiger partial charge in [0, 0.05) is 15.6 Å². The van der Waals surface area contributed by atoms with Crippen LogP contribution in [0.5, 0.6) is 0 Å². The number of nitrogens with one attached hydrogen (secondary N) is 1. The van der Waals surface area contributed by atoms with Gasteiger partial charge in [0.1, 0.15) is 5.01 Å². The molecule has 0 aliphatic carbocycles. The Hall–Kier alpha value is -2.50. The predicted molar refractivity (Wildman–Crippen MR) is 117 cm³/mol. The zero-order chi connectivity index (χ0) is 18.8. The SMILES string of the molecule is CCc1ccc(C(=O)Nc2ccc(Br)cc2-c2nc3ccccc3s2)cc1. The lowest BCUT2D eigenvalue weighted by molar-refractivity contribution is 0.102. The number of nitrogens with zero attached hydrogens (tertiary/aromatic N) is 1. The number of aryl methyl sites for hydroxylation is 1. The summed E-state index contributed by atoms with van der Waals surface area (Å²) in [6.45, 7) is 2.10. The number of thiazole rings is 1. The molecule has 4 rings (SSSR count). The smallest absolute Gasteiger partial charge is 0.255 e. The molecule has 0 aliphatic rings. The number of carbonyl (C=O) groups excluding carboxylic acids is 1. The van der Waals surface area contributed by atoms with E-state index in [1.165, 1.54) is 5.56 Å². The molecule has 0 saturated carbocycles. The van der Waals surface area contributed by atoms with Gasteiger partial charge in [-0.1, -0.05) is 47.1 Å². The lowest BCUT2D eigenvalue weighted by atomic mass is 10.1. The maximum absolute atomic E-state index is 12.7. The summed E-state index contributed by atoms with van der Waals surface area (Å²) in [6.07, 6.45) is 0.955. The number of carbonyl (C=O) groups is 1. The van der Waals surface area contributed by atoms with Crippen molar-refractivity contribution in [2.75, 3.05) is 5.32 Å². The van der Waals surface area contributed by atoms with Crippen molar-refractivity contribution in [2.24, 2.45) is 0 Å². The first kappa shape index (κ1) is 17.9. The Bertz CT molecular complexity index is 1090. The van der Waals surface area contributed by atoms with Crippen molar-refractivity contribution < 1.29 is 4.79 Å². The van der Waals surface area contributed by atoms with Crippen LogP contribution in [0.4, 0.5) is 5.69 Å². The quantitative estimate of drug-likeness (QED) is 0.394. The molecule has 1 N–H and O–H groups in total. The molecule has 0 spiro atoms. The maximum atomic E-state index is 12.7. The summed E-state index contributed by atoms with van der Waals surface area (Å²) >= 11 is 5.15. The number of amides is 1. The van der Waals surface area contributed by atoms with Gasteiger partial charge in [0.25, 0.3) is 5.91 Å². The fourth-order valence-electron chi connectivity index (χ4n) is 2.88. The molecule has 4 aromatic rings. The van der Waals surface area contributed by atoms with E-state index in [2.05, 4.69) is 34.2 Å². The third-order valence-corrected chi connectivity index (χ3v) is 5.94. The van der Waals surface area contributed by atoms with Crippen LogP contribution in [-0.4, -0.2) is 10.9 Å². The maximum Gasteiger partial charge on any atom is 0.255 e. The van der Waals surface area contributed by atoms with Gasteiger partial charge in [-0.2, -0.15) is 0 Å². The Morgan fingerprint density at radius 2 is 1.85 bits per heavy atom. The molecule has 5 heteroatoms. The fraction of sp³-hybridized carbons (Fsp3) is 0.0909. The average Bonchev–Trinajstić information content (AvgIpc) is 3.13. The predicted octanol–water partition coefficient (Wildman–Crippen LogP) is 6.54. The van der Waals surface area contributed by atoms with Crippen LogP contribution in [0.15, 0.2) is 71.2 Å². The third kappa shape index (κ3) is 3.80. The van der Waals surface area contributed by atoms with Crippen LogP contribution in [0, 0.1) is 0 Å². The van der Waals surface area contributed by atoms with E-state index in [1.54, 1.807) is 11.3 Å². The molecule has 1 heterocycles. The van der Waals surface area contributed by atoms with Crippen molar-refractivity contribution >= 4 is 49.1 Å². The summed E-state index contributed by atoms with van der Waals surface area (Å²) in [5, 5.41) is 3.92. The van der Waals surface area contributed by atoms with Gasteiger partial charge in [0.15, 0.2) is 0 Å². The molecule has 0 atom stereocenters. The summed E-state index contributed by atoms with van der Waals surface area (Å²) in [5.74, 6) is -0.123. The molecule has 1 amide bonds. The van der Waals surface area contributed by atoms with E-state index in [0.29, 0.717) is 5.56 Å². The highest BCUT2D eigenvalue weighted by atomic mass is 79.9. The Labute approximate surface area is 170 Å². The summed E-state index contributed by atoms with van der Waals surface area (Å²) in [5.41, 5.74) is 4.48. The molecule has 0 saturated heterocycles. The summed E-state index contributed by atoms with van der Waals surface area (Å²) < 4.78 is 2.07. The first-order valence-corrected chi connectivity index (χ1v) is 10.3. The molecule has 27 heavy (non-hydrogen) atoms. The normalized spacial score (nSPS) is 10.9. The molecular formula is C22H17BrN2OS. The largest absolute Gasteiger partial charge is 0.321 e. The molecule has 3 aromatic carbocycles. The van der Waals surface area contributed by atoms with E-state index >= 15 is 0 Å². The van der Waals surface area contributed by atoms with Crippen molar-refractivity contribution in [2.45, 2.75) is 13.3 Å². The van der Waals surface area contributed by atoms with Crippen LogP contribution < -0.4 is 5.32 Å². The average molecular weight is 437 g/mol. The molecule has 0 radical (unpaired) electrons. The zero-order valence-electron chi connectivity index (χ0n) is 14.7. The first-order chi connectivity index (χ1) is 13.1. The Morgan fingerprint density at radius 3 is 2.59 bits per heavy atom. The first-order valence-electron chi connectivity index (χ1n) is 8.70. The Kier molecular flexibility index (Phi) is 5.05. The molecular weight excluding hydrogens is 420 g/mol. The van der Waals surface area contributed by atoms with E-state index < -0.39 is 0 Å². The van der Waals surface area contributed by atoms with Crippen LogP contribution >= 0.6 is 27.3 Å². The standard InChI is InChI=1S/C22H17BrN2OS/c1-2-14-7-9-15(10-8-14)21(26)24-18-12-11-16(23)13-17(18)22-25-19-5-3-4-6-20(19)27-22/h3-13H,2H2,1H3,(H,24,26). The molecule has 3 nitrogen and oxygen atoms in total. The van der Waals surface area contributed by atoms with Gasteiger partial charge in [0.2, 0.25) is 0 Å². The van der Waals surface area contributed by atoms with Gasteiger partial charge >= 0.3 is 0 Å². The highest BCUT2D eigenvalue weighted by molar-refractivity contribution is 9.10. The van der Waals surface area contributed by atoms with E-state index in [-0.39, 0.29) is 5.91 Å². The lowest BCUT2D eigenvalue weighted by Crippen LogP contribution is -2.12. The second-order valence-electron chi connectivity index (χ2n) is 6.18. The van der Waals surface area contributed by atoms with E-state index in [1.807, 2.05) is 60.7 Å². The van der Waals surface area contributed by atoms with Gasteiger partial charge in [0.05, 0.1) is 15.9 Å². The fourth-order valence-corrected chi connectivity index (χ4v) is 4.23. The number of rotatable bonds is 4. The van der Waals surface area contributed by atoms with E-state index in [0.717, 1.165) is 37.4 Å². The highest BCUT2D eigenvalue weighted by Crippen LogP contribution is 2.36. The molecule has 0 unspecified atom stereocenters. The van der Waals surface area contributed by atoms with Gasteiger partial charge in [-0.05, 0) is 54.4 Å². The molecule has 134 valence electrons. The Morgan fingerprint density at radius 1 is 1.07 bits per heavy atom. The Balaban J connectivity index is 1.69. The molecule has 0 bridgehead atoms. The van der Waals surface area contributed by atoms with Crippen molar-refractivity contribution in [3.05, 3.63) is 82.3 Å². The van der Waals surface area contributed by atoms with Gasteiger partial charge in [-0.15, -0.1) is 11.3 Å². The van der Waals surface area contributed by atoms with Crippen molar-refractivity contribution in [1.29, 1.82) is 0 Å². The summed E-state index contributed by atoms with van der Waals surface area (Å²) in [7, 11) is 0. The van der Waals surface area contributed by atoms with Gasteiger partial charge in [-0.3, -0.25) is 4.79 Å². The second kappa shape index (κ2) is 7.62. The van der Waals surface area contributed by atoms with Crippen LogP contribution in [0.1, 0.15) is 22.8 Å². The number of aromatic nitrogens is 1. The number of benzene rings is 3. The summed E-state index contributed by atoms with van der Waals surface area (Å²) in [4.78, 5) is 17.4. The van der Waals surface area contributed by atoms with Gasteiger partial charge in [-0.25, -0.2) is 4.98 Å². The number of anilines is 1. The number of fused-ring (bicyclic) bond motifs is 1. The van der Waals surface area contributed by atoms with Crippen molar-refractivity contribution in [3.8, 4) is 10.6 Å². The highest BCUT2D eigenvalue weighted by Gasteiger charge is 2.14. The number of hydrogen-bond acceptors (Lipinski definition) is 3. The molecule has 1 aromatic heterocycles. The minimum absolute atomic E-state index is 0.123. The van der Waals surface area contributed by atoms with Gasteiger partial charge < -0.3 is 5.32 Å². The van der Waals surface area contributed by atoms with E-state index in [9.17, 15) is 4.79 Å². The van der Waals surface area contributed by atoms with Crippen molar-refractivity contribution in [3.63, 3.8) is 0 Å². The zero-order valence-corrected chi connectivity index (χ0v) is 17.1. The van der Waals surface area contributed by atoms with E-state index in [4.69, 9.17) is 4.98 Å². The second-order valence-corrected chi connectivity index (χ2v) is 8.13. The van der Waals surface area contributed by atoms with Crippen molar-refractivity contribution in [1.82, 2.24) is 4.98 Å². The van der Waals surface area contributed by atoms with Crippen LogP contribution in [0.25, 0.3) is 20.8 Å². The van der Waals surface area contributed by atoms with Crippen LogP contribution in [0.2, 0.25) is 0 Å². The number of hydrogen-bond donors (Lipinski definition) is 1. The summed E-state index contributed by atoms with van der Waals surface area (Å²) in [6, 6.07) is 21.6. The minimum Gasteiger partial charge on any atom is -0.321 e. The monoisotopic (exact) mass is 436 g/mol. The molecule has 0 aliphatic heterocycles. The minimum atomic E-state index is -0.123. The number of halogens is 1. The molecule has 0 fully saturated rings. The lowest BCUT2D eigenvalue weighted by Gasteiger charge is -2.10. The third-order valence-electron chi connectivity index (χ3n) is 4.38. The van der Waals surface area contributed by atoms with Crippen LogP contribution in [-0.2, 0) is 6.42 Å². The van der Waals surface area contributed by atoms with Crippen LogP contribution in [0.3, 0.4) is 0 Å².